The van der Waals surface area contributed by atoms with Crippen molar-refractivity contribution in [3.8, 4) is 0 Å². The molecular formula is C10H17NO2. The molecule has 2 rings (SSSR count). The molecule has 2 fully saturated rings. The van der Waals surface area contributed by atoms with Crippen molar-refractivity contribution < 1.29 is 9.53 Å². The van der Waals surface area contributed by atoms with Gasteiger partial charge in [-0.1, -0.05) is 0 Å². The van der Waals surface area contributed by atoms with Gasteiger partial charge in [0.15, 0.2) is 0 Å². The SMILES string of the molecule is O=C(NCC1CC1)OC1CCCC1. The van der Waals surface area contributed by atoms with Crippen LogP contribution in [0.4, 0.5) is 4.79 Å². The molecule has 1 N–H and O–H groups in total. The summed E-state index contributed by atoms with van der Waals surface area (Å²) in [5, 5.41) is 2.81. The fourth-order valence-corrected chi connectivity index (χ4v) is 1.75. The molecule has 0 heterocycles. The number of alkyl carbamates (subject to hydrolysis) is 1. The summed E-state index contributed by atoms with van der Waals surface area (Å²) in [6.45, 7) is 0.811. The Bertz CT molecular complexity index is 183. The van der Waals surface area contributed by atoms with Crippen molar-refractivity contribution >= 4 is 6.09 Å². The minimum atomic E-state index is -0.209. The molecule has 0 unspecified atom stereocenters. The maximum atomic E-state index is 11.2. The lowest BCUT2D eigenvalue weighted by Gasteiger charge is -2.11. The highest BCUT2D eigenvalue weighted by Crippen LogP contribution is 2.27. The van der Waals surface area contributed by atoms with Gasteiger partial charge >= 0.3 is 6.09 Å². The third-order valence-corrected chi connectivity index (χ3v) is 2.81. The molecular weight excluding hydrogens is 166 g/mol. The van der Waals surface area contributed by atoms with Crippen molar-refractivity contribution in [1.82, 2.24) is 5.32 Å². The molecule has 3 nitrogen and oxygen atoms in total. The van der Waals surface area contributed by atoms with E-state index in [9.17, 15) is 4.79 Å². The van der Waals surface area contributed by atoms with Gasteiger partial charge in [0, 0.05) is 6.54 Å². The standard InChI is InChI=1S/C10H17NO2/c12-10(11-7-8-5-6-8)13-9-3-1-2-4-9/h8-9H,1-7H2,(H,11,12). The van der Waals surface area contributed by atoms with Crippen LogP contribution >= 0.6 is 0 Å². The summed E-state index contributed by atoms with van der Waals surface area (Å²) in [6, 6.07) is 0. The lowest BCUT2D eigenvalue weighted by molar-refractivity contribution is 0.101. The van der Waals surface area contributed by atoms with Gasteiger partial charge in [0.2, 0.25) is 0 Å². The molecule has 0 atom stereocenters. The number of carbonyl (C=O) groups excluding carboxylic acids is 1. The fraction of sp³-hybridized carbons (Fsp3) is 0.900. The zero-order chi connectivity index (χ0) is 9.10. The minimum Gasteiger partial charge on any atom is -0.446 e. The van der Waals surface area contributed by atoms with E-state index in [1.165, 1.54) is 25.7 Å². The van der Waals surface area contributed by atoms with E-state index in [2.05, 4.69) is 5.32 Å². The van der Waals surface area contributed by atoms with E-state index in [-0.39, 0.29) is 12.2 Å². The highest BCUT2D eigenvalue weighted by molar-refractivity contribution is 5.67. The van der Waals surface area contributed by atoms with E-state index >= 15 is 0 Å². The van der Waals surface area contributed by atoms with Crippen molar-refractivity contribution in [2.45, 2.75) is 44.6 Å². The van der Waals surface area contributed by atoms with Crippen molar-refractivity contribution in [2.24, 2.45) is 5.92 Å². The molecule has 74 valence electrons. The van der Waals surface area contributed by atoms with E-state index in [0.717, 1.165) is 25.3 Å². The van der Waals surface area contributed by atoms with Gasteiger partial charge in [-0.2, -0.15) is 0 Å². The van der Waals surface area contributed by atoms with Crippen LogP contribution in [-0.4, -0.2) is 18.7 Å². The van der Waals surface area contributed by atoms with Gasteiger partial charge in [0.05, 0.1) is 0 Å². The highest BCUT2D eigenvalue weighted by atomic mass is 16.6. The van der Waals surface area contributed by atoms with Crippen molar-refractivity contribution in [3.05, 3.63) is 0 Å². The summed E-state index contributed by atoms with van der Waals surface area (Å²) in [5.74, 6) is 0.733. The lowest BCUT2D eigenvalue weighted by Crippen LogP contribution is -2.29. The quantitative estimate of drug-likeness (QED) is 0.727. The zero-order valence-electron chi connectivity index (χ0n) is 7.92. The maximum Gasteiger partial charge on any atom is 0.407 e. The first kappa shape index (κ1) is 8.85. The normalized spacial score (nSPS) is 23.1. The second-order valence-electron chi connectivity index (χ2n) is 4.14. The summed E-state index contributed by atoms with van der Waals surface area (Å²) in [4.78, 5) is 11.2. The number of ether oxygens (including phenoxy) is 1. The molecule has 13 heavy (non-hydrogen) atoms. The number of hydrogen-bond donors (Lipinski definition) is 1. The fourth-order valence-electron chi connectivity index (χ4n) is 1.75. The molecule has 0 radical (unpaired) electrons. The molecule has 0 aromatic heterocycles. The van der Waals surface area contributed by atoms with E-state index in [1.54, 1.807) is 0 Å². The van der Waals surface area contributed by atoms with Gasteiger partial charge in [-0.25, -0.2) is 4.79 Å². The monoisotopic (exact) mass is 183 g/mol. The topological polar surface area (TPSA) is 38.3 Å². The van der Waals surface area contributed by atoms with Crippen molar-refractivity contribution in [2.75, 3.05) is 6.54 Å². The van der Waals surface area contributed by atoms with Crippen LogP contribution in [0.2, 0.25) is 0 Å². The second kappa shape index (κ2) is 3.99. The Balaban J connectivity index is 1.59. The Hall–Kier alpha value is -0.730. The first-order valence-corrected chi connectivity index (χ1v) is 5.29. The molecule has 2 aliphatic carbocycles. The van der Waals surface area contributed by atoms with Crippen molar-refractivity contribution in [1.29, 1.82) is 0 Å². The summed E-state index contributed by atoms with van der Waals surface area (Å²) in [6.07, 6.45) is 7.04. The van der Waals surface area contributed by atoms with E-state index in [0.29, 0.717) is 0 Å². The largest absolute Gasteiger partial charge is 0.446 e. The Labute approximate surface area is 78.8 Å². The van der Waals surface area contributed by atoms with Gasteiger partial charge in [-0.15, -0.1) is 0 Å². The predicted octanol–water partition coefficient (Wildman–Crippen LogP) is 2.07. The van der Waals surface area contributed by atoms with Gasteiger partial charge < -0.3 is 10.1 Å². The van der Waals surface area contributed by atoms with Gasteiger partial charge in [0.25, 0.3) is 0 Å². The van der Waals surface area contributed by atoms with Crippen LogP contribution in [0.25, 0.3) is 0 Å². The van der Waals surface area contributed by atoms with Crippen molar-refractivity contribution in [3.63, 3.8) is 0 Å². The molecule has 3 heteroatoms. The van der Waals surface area contributed by atoms with Crippen LogP contribution in [-0.2, 0) is 4.74 Å². The zero-order valence-corrected chi connectivity index (χ0v) is 7.92. The van der Waals surface area contributed by atoms with Crippen LogP contribution in [0.1, 0.15) is 38.5 Å². The Kier molecular flexibility index (Phi) is 2.71. The van der Waals surface area contributed by atoms with Gasteiger partial charge in [-0.3, -0.25) is 0 Å². The molecule has 1 amide bonds. The molecule has 0 aromatic carbocycles. The molecule has 0 bridgehead atoms. The third kappa shape index (κ3) is 2.90. The highest BCUT2D eigenvalue weighted by Gasteiger charge is 2.23. The Morgan fingerprint density at radius 3 is 2.54 bits per heavy atom. The van der Waals surface area contributed by atoms with E-state index in [4.69, 9.17) is 4.74 Å². The average Bonchev–Trinajstić information content (AvgIpc) is 2.82. The van der Waals surface area contributed by atoms with Crippen LogP contribution in [0.15, 0.2) is 0 Å². The Morgan fingerprint density at radius 2 is 1.92 bits per heavy atom. The first-order valence-electron chi connectivity index (χ1n) is 5.29. The summed E-state index contributed by atoms with van der Waals surface area (Å²) >= 11 is 0. The van der Waals surface area contributed by atoms with Crippen LogP contribution < -0.4 is 5.32 Å². The average molecular weight is 183 g/mol. The van der Waals surface area contributed by atoms with Crippen LogP contribution in [0.5, 0.6) is 0 Å². The van der Waals surface area contributed by atoms with Crippen LogP contribution in [0.3, 0.4) is 0 Å². The minimum absolute atomic E-state index is 0.194. The summed E-state index contributed by atoms with van der Waals surface area (Å²) < 4.78 is 5.24. The molecule has 0 aromatic rings. The Morgan fingerprint density at radius 1 is 1.23 bits per heavy atom. The molecule has 2 aliphatic rings. The number of carbonyl (C=O) groups is 1. The maximum absolute atomic E-state index is 11.2. The molecule has 0 saturated heterocycles. The van der Waals surface area contributed by atoms with E-state index in [1.807, 2.05) is 0 Å². The molecule has 0 spiro atoms. The second-order valence-corrected chi connectivity index (χ2v) is 4.14. The molecule has 0 aliphatic heterocycles. The smallest absolute Gasteiger partial charge is 0.407 e. The third-order valence-electron chi connectivity index (χ3n) is 2.81. The molecule has 2 saturated carbocycles. The van der Waals surface area contributed by atoms with E-state index < -0.39 is 0 Å². The predicted molar refractivity (Wildman–Crippen MR) is 49.5 cm³/mol. The number of nitrogens with one attached hydrogen (secondary N) is 1. The first-order chi connectivity index (χ1) is 6.34. The number of rotatable bonds is 3. The number of hydrogen-bond acceptors (Lipinski definition) is 2. The summed E-state index contributed by atoms with van der Waals surface area (Å²) in [7, 11) is 0. The van der Waals surface area contributed by atoms with Gasteiger partial charge in [-0.05, 0) is 44.4 Å². The van der Waals surface area contributed by atoms with Crippen LogP contribution in [0, 0.1) is 5.92 Å². The number of amides is 1. The van der Waals surface area contributed by atoms with Gasteiger partial charge in [0.1, 0.15) is 6.10 Å². The lowest BCUT2D eigenvalue weighted by atomic mass is 10.3. The summed E-state index contributed by atoms with van der Waals surface area (Å²) in [5.41, 5.74) is 0.